The van der Waals surface area contributed by atoms with Crippen LogP contribution in [0.5, 0.6) is 0 Å². The fourth-order valence-corrected chi connectivity index (χ4v) is 2.30. The molecular formula is C11H14Cl2N2. The summed E-state index contributed by atoms with van der Waals surface area (Å²) in [6.07, 6.45) is 0. The second-order valence-corrected chi connectivity index (χ2v) is 4.69. The Morgan fingerprint density at radius 1 is 1.40 bits per heavy atom. The van der Waals surface area contributed by atoms with Crippen molar-refractivity contribution in [3.05, 3.63) is 28.2 Å². The van der Waals surface area contributed by atoms with E-state index in [1.165, 1.54) is 0 Å². The molecule has 1 fully saturated rings. The number of piperazine rings is 1. The minimum Gasteiger partial charge on any atom is -0.365 e. The molecule has 0 radical (unpaired) electrons. The van der Waals surface area contributed by atoms with Crippen LogP contribution in [-0.2, 0) is 0 Å². The SMILES string of the molecule is C[C@H]1CNCCN1c1cc(Cl)ccc1Cl. The molecule has 1 aliphatic heterocycles. The summed E-state index contributed by atoms with van der Waals surface area (Å²) in [6.45, 7) is 5.14. The molecule has 2 nitrogen and oxygen atoms in total. The third kappa shape index (κ3) is 2.39. The second kappa shape index (κ2) is 4.60. The molecule has 1 aliphatic rings. The maximum absolute atomic E-state index is 6.17. The summed E-state index contributed by atoms with van der Waals surface area (Å²) in [5, 5.41) is 4.86. The van der Waals surface area contributed by atoms with Crippen LogP contribution in [0.4, 0.5) is 5.69 Å². The first-order valence-electron chi connectivity index (χ1n) is 5.11. The molecule has 2 rings (SSSR count). The van der Waals surface area contributed by atoms with Crippen LogP contribution in [0.2, 0.25) is 10.0 Å². The molecule has 1 heterocycles. The van der Waals surface area contributed by atoms with E-state index in [0.717, 1.165) is 35.4 Å². The van der Waals surface area contributed by atoms with Crippen molar-refractivity contribution in [3.8, 4) is 0 Å². The standard InChI is InChI=1S/C11H14Cl2N2/c1-8-7-14-4-5-15(8)11-6-9(12)2-3-10(11)13/h2-3,6,8,14H,4-5,7H2,1H3/t8-/m0/s1. The maximum atomic E-state index is 6.17. The molecule has 1 saturated heterocycles. The van der Waals surface area contributed by atoms with Gasteiger partial charge in [-0.15, -0.1) is 0 Å². The van der Waals surface area contributed by atoms with Crippen molar-refractivity contribution in [2.75, 3.05) is 24.5 Å². The van der Waals surface area contributed by atoms with Crippen LogP contribution >= 0.6 is 23.2 Å². The Labute approximate surface area is 100 Å². The third-order valence-electron chi connectivity index (χ3n) is 2.72. The number of hydrogen-bond acceptors (Lipinski definition) is 2. The number of hydrogen-bond donors (Lipinski definition) is 1. The second-order valence-electron chi connectivity index (χ2n) is 3.84. The highest BCUT2D eigenvalue weighted by atomic mass is 35.5. The normalized spacial score (nSPS) is 21.8. The summed E-state index contributed by atoms with van der Waals surface area (Å²) in [5.74, 6) is 0. The summed E-state index contributed by atoms with van der Waals surface area (Å²) in [4.78, 5) is 2.30. The van der Waals surface area contributed by atoms with E-state index in [1.807, 2.05) is 18.2 Å². The van der Waals surface area contributed by atoms with Gasteiger partial charge in [0.05, 0.1) is 10.7 Å². The lowest BCUT2D eigenvalue weighted by Crippen LogP contribution is -2.50. The van der Waals surface area contributed by atoms with Gasteiger partial charge in [-0.1, -0.05) is 23.2 Å². The van der Waals surface area contributed by atoms with E-state index in [9.17, 15) is 0 Å². The molecule has 0 spiro atoms. The first-order chi connectivity index (χ1) is 7.18. The van der Waals surface area contributed by atoms with E-state index in [1.54, 1.807) is 0 Å². The monoisotopic (exact) mass is 244 g/mol. The van der Waals surface area contributed by atoms with Gasteiger partial charge in [0.15, 0.2) is 0 Å². The number of halogens is 2. The van der Waals surface area contributed by atoms with E-state index >= 15 is 0 Å². The number of rotatable bonds is 1. The van der Waals surface area contributed by atoms with Crippen molar-refractivity contribution < 1.29 is 0 Å². The van der Waals surface area contributed by atoms with Crippen LogP contribution in [0.15, 0.2) is 18.2 Å². The first kappa shape index (κ1) is 11.1. The Balaban J connectivity index is 2.30. The molecule has 1 N–H and O–H groups in total. The minimum atomic E-state index is 0.453. The predicted molar refractivity (Wildman–Crippen MR) is 66.1 cm³/mol. The lowest BCUT2D eigenvalue weighted by atomic mass is 10.2. The molecule has 0 aromatic heterocycles. The predicted octanol–water partition coefficient (Wildman–Crippen LogP) is 2.79. The van der Waals surface area contributed by atoms with Crippen LogP contribution in [0, 0.1) is 0 Å². The number of nitrogens with one attached hydrogen (secondary N) is 1. The highest BCUT2D eigenvalue weighted by Gasteiger charge is 2.20. The highest BCUT2D eigenvalue weighted by molar-refractivity contribution is 6.35. The van der Waals surface area contributed by atoms with E-state index in [0.29, 0.717) is 6.04 Å². The molecule has 0 aliphatic carbocycles. The number of anilines is 1. The van der Waals surface area contributed by atoms with Crippen LogP contribution < -0.4 is 10.2 Å². The molecule has 1 atom stereocenters. The quantitative estimate of drug-likeness (QED) is 0.818. The molecular weight excluding hydrogens is 231 g/mol. The van der Waals surface area contributed by atoms with Crippen LogP contribution in [0.1, 0.15) is 6.92 Å². The summed E-state index contributed by atoms with van der Waals surface area (Å²) in [7, 11) is 0. The van der Waals surface area contributed by atoms with Crippen molar-refractivity contribution >= 4 is 28.9 Å². The summed E-state index contributed by atoms with van der Waals surface area (Å²) in [6, 6.07) is 6.06. The van der Waals surface area contributed by atoms with Gasteiger partial charge in [0.25, 0.3) is 0 Å². The lowest BCUT2D eigenvalue weighted by molar-refractivity contribution is 0.501. The van der Waals surface area contributed by atoms with Crippen LogP contribution in [0.25, 0.3) is 0 Å². The number of benzene rings is 1. The van der Waals surface area contributed by atoms with Crippen molar-refractivity contribution in [2.45, 2.75) is 13.0 Å². The molecule has 1 aromatic carbocycles. The molecule has 0 saturated carbocycles. The lowest BCUT2D eigenvalue weighted by Gasteiger charge is -2.36. The van der Waals surface area contributed by atoms with E-state index in [-0.39, 0.29) is 0 Å². The van der Waals surface area contributed by atoms with Gasteiger partial charge in [-0.25, -0.2) is 0 Å². The molecule has 1 aromatic rings. The zero-order chi connectivity index (χ0) is 10.8. The highest BCUT2D eigenvalue weighted by Crippen LogP contribution is 2.30. The van der Waals surface area contributed by atoms with Gasteiger partial charge in [0, 0.05) is 30.7 Å². The zero-order valence-corrected chi connectivity index (χ0v) is 10.1. The van der Waals surface area contributed by atoms with Crippen LogP contribution in [0.3, 0.4) is 0 Å². The van der Waals surface area contributed by atoms with Gasteiger partial charge < -0.3 is 10.2 Å². The summed E-state index contributed by atoms with van der Waals surface area (Å²) in [5.41, 5.74) is 1.04. The fourth-order valence-electron chi connectivity index (χ4n) is 1.90. The Morgan fingerprint density at radius 2 is 2.20 bits per heavy atom. The molecule has 82 valence electrons. The first-order valence-corrected chi connectivity index (χ1v) is 5.86. The summed E-state index contributed by atoms with van der Waals surface area (Å²) < 4.78 is 0. The molecule has 15 heavy (non-hydrogen) atoms. The molecule has 0 amide bonds. The Kier molecular flexibility index (Phi) is 3.39. The third-order valence-corrected chi connectivity index (χ3v) is 3.27. The van der Waals surface area contributed by atoms with E-state index in [4.69, 9.17) is 23.2 Å². The molecule has 0 unspecified atom stereocenters. The van der Waals surface area contributed by atoms with Crippen LogP contribution in [-0.4, -0.2) is 25.7 Å². The van der Waals surface area contributed by atoms with Gasteiger partial charge in [-0.2, -0.15) is 0 Å². The van der Waals surface area contributed by atoms with Gasteiger partial charge in [0.1, 0.15) is 0 Å². The summed E-state index contributed by atoms with van der Waals surface area (Å²) >= 11 is 12.2. The fraction of sp³-hybridized carbons (Fsp3) is 0.455. The van der Waals surface area contributed by atoms with E-state index in [2.05, 4.69) is 17.1 Å². The van der Waals surface area contributed by atoms with Gasteiger partial charge in [-0.3, -0.25) is 0 Å². The van der Waals surface area contributed by atoms with Crippen molar-refractivity contribution in [3.63, 3.8) is 0 Å². The Morgan fingerprint density at radius 3 is 2.93 bits per heavy atom. The average molecular weight is 245 g/mol. The van der Waals surface area contributed by atoms with Gasteiger partial charge in [-0.05, 0) is 25.1 Å². The Bertz CT molecular complexity index is 354. The Hall–Kier alpha value is -0.440. The molecule has 4 heteroatoms. The maximum Gasteiger partial charge on any atom is 0.0640 e. The van der Waals surface area contributed by atoms with Crippen molar-refractivity contribution in [2.24, 2.45) is 0 Å². The number of nitrogens with zero attached hydrogens (tertiary/aromatic N) is 1. The average Bonchev–Trinajstić information content (AvgIpc) is 2.23. The van der Waals surface area contributed by atoms with Crippen molar-refractivity contribution in [1.82, 2.24) is 5.32 Å². The smallest absolute Gasteiger partial charge is 0.0640 e. The van der Waals surface area contributed by atoms with Gasteiger partial charge in [0.2, 0.25) is 0 Å². The topological polar surface area (TPSA) is 15.3 Å². The zero-order valence-electron chi connectivity index (χ0n) is 8.63. The minimum absolute atomic E-state index is 0.453. The van der Waals surface area contributed by atoms with E-state index < -0.39 is 0 Å². The molecule has 0 bridgehead atoms. The largest absolute Gasteiger partial charge is 0.365 e. The van der Waals surface area contributed by atoms with Crippen molar-refractivity contribution in [1.29, 1.82) is 0 Å². The van der Waals surface area contributed by atoms with Gasteiger partial charge >= 0.3 is 0 Å².